The molecule has 0 fully saturated rings. The molecule has 2 heteroatoms. The molecule has 0 N–H and O–H groups in total. The molecule has 0 bridgehead atoms. The predicted octanol–water partition coefficient (Wildman–Crippen LogP) is 13.9. The second kappa shape index (κ2) is 13.4. The minimum absolute atomic E-state index is 1.14. The van der Waals surface area contributed by atoms with Gasteiger partial charge in [0.05, 0.1) is 22.4 Å². The first-order chi connectivity index (χ1) is 26.8. The van der Waals surface area contributed by atoms with Crippen molar-refractivity contribution in [3.63, 3.8) is 0 Å². The zero-order valence-electron chi connectivity index (χ0n) is 29.7. The minimum atomic E-state index is 1.14. The Bertz CT molecular complexity index is 2870. The SMILES string of the molecule is c1ccc(-c2ccc(-n3c(-c4ccccc4)cc4cc(-c5ccc6cc(-c7ccccc7)n(-c7ccc(-c8ccccc8)cc7)c6c5)ccc43)cc2)cc1. The number of nitrogens with zero attached hydrogens (tertiary/aromatic N) is 2. The van der Waals surface area contributed by atoms with E-state index in [1.807, 2.05) is 0 Å². The Morgan fingerprint density at radius 1 is 0.222 bits per heavy atom. The second-order valence-corrected chi connectivity index (χ2v) is 13.8. The third-order valence-electron chi connectivity index (χ3n) is 10.5. The van der Waals surface area contributed by atoms with Crippen molar-refractivity contribution in [1.29, 1.82) is 0 Å². The van der Waals surface area contributed by atoms with Crippen molar-refractivity contribution in [1.82, 2.24) is 9.13 Å². The van der Waals surface area contributed by atoms with Gasteiger partial charge in [-0.15, -0.1) is 0 Å². The molecule has 0 unspecified atom stereocenters. The van der Waals surface area contributed by atoms with Gasteiger partial charge < -0.3 is 9.13 Å². The average Bonchev–Trinajstić information content (AvgIpc) is 3.84. The molecular weight excluding hydrogens is 653 g/mol. The van der Waals surface area contributed by atoms with Crippen molar-refractivity contribution < 1.29 is 0 Å². The maximum Gasteiger partial charge on any atom is 0.0541 e. The summed E-state index contributed by atoms with van der Waals surface area (Å²) in [6, 6.07) is 78.9. The molecule has 8 aromatic carbocycles. The molecule has 2 nitrogen and oxygen atoms in total. The van der Waals surface area contributed by atoms with Gasteiger partial charge in [-0.05, 0) is 99.1 Å². The largest absolute Gasteiger partial charge is 0.309 e. The van der Waals surface area contributed by atoms with Crippen molar-refractivity contribution in [2.45, 2.75) is 0 Å². The number of benzene rings is 8. The zero-order valence-corrected chi connectivity index (χ0v) is 29.7. The van der Waals surface area contributed by atoms with Crippen molar-refractivity contribution in [3.05, 3.63) is 218 Å². The van der Waals surface area contributed by atoms with Gasteiger partial charge in [-0.1, -0.05) is 164 Å². The summed E-state index contributed by atoms with van der Waals surface area (Å²) in [6.07, 6.45) is 0. The normalized spacial score (nSPS) is 11.3. The Hall–Kier alpha value is -7.16. The van der Waals surface area contributed by atoms with Crippen LogP contribution in [0, 0.1) is 0 Å². The maximum atomic E-state index is 2.41. The van der Waals surface area contributed by atoms with Gasteiger partial charge in [-0.2, -0.15) is 0 Å². The lowest BCUT2D eigenvalue weighted by Gasteiger charge is -2.14. The molecule has 0 saturated heterocycles. The smallest absolute Gasteiger partial charge is 0.0541 e. The maximum absolute atomic E-state index is 2.41. The molecule has 54 heavy (non-hydrogen) atoms. The summed E-state index contributed by atoms with van der Waals surface area (Å²) >= 11 is 0. The van der Waals surface area contributed by atoms with Crippen LogP contribution in [0.3, 0.4) is 0 Å². The van der Waals surface area contributed by atoms with E-state index in [0.29, 0.717) is 0 Å². The Morgan fingerprint density at radius 2 is 0.593 bits per heavy atom. The van der Waals surface area contributed by atoms with Crippen LogP contribution in [0.5, 0.6) is 0 Å². The quantitative estimate of drug-likeness (QED) is 0.158. The van der Waals surface area contributed by atoms with Gasteiger partial charge in [0, 0.05) is 22.1 Å². The Morgan fingerprint density at radius 3 is 1.09 bits per heavy atom. The lowest BCUT2D eigenvalue weighted by atomic mass is 10.0. The lowest BCUT2D eigenvalue weighted by Crippen LogP contribution is -1.97. The fourth-order valence-electron chi connectivity index (χ4n) is 7.84. The van der Waals surface area contributed by atoms with E-state index in [1.54, 1.807) is 0 Å². The van der Waals surface area contributed by atoms with Gasteiger partial charge in [0.15, 0.2) is 0 Å². The molecule has 0 atom stereocenters. The van der Waals surface area contributed by atoms with E-state index in [2.05, 4.69) is 228 Å². The fraction of sp³-hybridized carbons (Fsp3) is 0. The molecule has 2 aromatic heterocycles. The molecule has 10 rings (SSSR count). The molecule has 254 valence electrons. The Kier molecular flexibility index (Phi) is 7.85. The van der Waals surface area contributed by atoms with E-state index in [4.69, 9.17) is 0 Å². The molecule has 0 spiro atoms. The number of hydrogen-bond acceptors (Lipinski definition) is 0. The van der Waals surface area contributed by atoms with Crippen LogP contribution in [0.15, 0.2) is 218 Å². The van der Waals surface area contributed by atoms with Gasteiger partial charge in [-0.3, -0.25) is 0 Å². The van der Waals surface area contributed by atoms with Crippen LogP contribution < -0.4 is 0 Å². The first-order valence-corrected chi connectivity index (χ1v) is 18.5. The van der Waals surface area contributed by atoms with Crippen LogP contribution >= 0.6 is 0 Å². The second-order valence-electron chi connectivity index (χ2n) is 13.8. The predicted molar refractivity (Wildman–Crippen MR) is 227 cm³/mol. The molecule has 0 aliphatic carbocycles. The minimum Gasteiger partial charge on any atom is -0.309 e. The molecule has 0 aliphatic heterocycles. The van der Waals surface area contributed by atoms with Crippen molar-refractivity contribution >= 4 is 21.8 Å². The highest BCUT2D eigenvalue weighted by atomic mass is 15.0. The lowest BCUT2D eigenvalue weighted by molar-refractivity contribution is 1.13. The standard InChI is InChI=1S/C52H36N2/c1-5-13-37(14-6-1)39-23-28-47(29-24-39)53-49-32-27-43(33-46(49)36-51(53)42-19-11-4-12-20-42)44-21-22-45-35-50(41-17-9-3-10-18-41)54(52(45)34-44)48-30-25-40(26-31-48)38-15-7-2-8-16-38/h1-36H. The van der Waals surface area contributed by atoms with Gasteiger partial charge >= 0.3 is 0 Å². The summed E-state index contributed by atoms with van der Waals surface area (Å²) in [4.78, 5) is 0. The molecule has 0 amide bonds. The summed E-state index contributed by atoms with van der Waals surface area (Å²) in [5.74, 6) is 0. The van der Waals surface area contributed by atoms with Crippen LogP contribution in [-0.2, 0) is 0 Å². The van der Waals surface area contributed by atoms with Gasteiger partial charge in [0.25, 0.3) is 0 Å². The van der Waals surface area contributed by atoms with E-state index < -0.39 is 0 Å². The molecule has 10 aromatic rings. The van der Waals surface area contributed by atoms with Crippen LogP contribution in [-0.4, -0.2) is 9.13 Å². The van der Waals surface area contributed by atoms with Gasteiger partial charge in [0.1, 0.15) is 0 Å². The summed E-state index contributed by atoms with van der Waals surface area (Å²) in [6.45, 7) is 0. The first kappa shape index (κ1) is 31.6. The third-order valence-corrected chi connectivity index (χ3v) is 10.5. The van der Waals surface area contributed by atoms with Gasteiger partial charge in [-0.25, -0.2) is 0 Å². The highest BCUT2D eigenvalue weighted by Gasteiger charge is 2.17. The highest BCUT2D eigenvalue weighted by Crippen LogP contribution is 2.38. The average molecular weight is 689 g/mol. The third kappa shape index (κ3) is 5.71. The molecule has 2 heterocycles. The van der Waals surface area contributed by atoms with E-state index in [1.165, 1.54) is 77.7 Å². The highest BCUT2D eigenvalue weighted by molar-refractivity contribution is 5.96. The summed E-state index contributed by atoms with van der Waals surface area (Å²) < 4.78 is 4.80. The van der Waals surface area contributed by atoms with Crippen LogP contribution in [0.1, 0.15) is 0 Å². The van der Waals surface area contributed by atoms with Crippen molar-refractivity contribution in [3.8, 4) is 67.3 Å². The Balaban J connectivity index is 1.09. The van der Waals surface area contributed by atoms with Crippen LogP contribution in [0.4, 0.5) is 0 Å². The first-order valence-electron chi connectivity index (χ1n) is 18.5. The van der Waals surface area contributed by atoms with Crippen molar-refractivity contribution in [2.24, 2.45) is 0 Å². The summed E-state index contributed by atoms with van der Waals surface area (Å²) in [5.41, 5.74) is 16.6. The summed E-state index contributed by atoms with van der Waals surface area (Å²) in [5, 5.41) is 2.41. The topological polar surface area (TPSA) is 9.86 Å². The van der Waals surface area contributed by atoms with E-state index in [0.717, 1.165) is 11.4 Å². The molecule has 0 radical (unpaired) electrons. The number of fused-ring (bicyclic) bond motifs is 2. The molecule has 0 aliphatic rings. The van der Waals surface area contributed by atoms with E-state index in [-0.39, 0.29) is 0 Å². The van der Waals surface area contributed by atoms with Gasteiger partial charge in [0.2, 0.25) is 0 Å². The zero-order chi connectivity index (χ0) is 35.8. The number of aromatic nitrogens is 2. The number of hydrogen-bond donors (Lipinski definition) is 0. The van der Waals surface area contributed by atoms with E-state index >= 15 is 0 Å². The number of rotatable bonds is 7. The fourth-order valence-corrected chi connectivity index (χ4v) is 7.84. The monoisotopic (exact) mass is 688 g/mol. The van der Waals surface area contributed by atoms with Crippen molar-refractivity contribution in [2.75, 3.05) is 0 Å². The summed E-state index contributed by atoms with van der Waals surface area (Å²) in [7, 11) is 0. The van der Waals surface area contributed by atoms with Crippen LogP contribution in [0.25, 0.3) is 89.1 Å². The molecular formula is C52H36N2. The van der Waals surface area contributed by atoms with Crippen LogP contribution in [0.2, 0.25) is 0 Å². The Labute approximate surface area is 315 Å². The van der Waals surface area contributed by atoms with E-state index in [9.17, 15) is 0 Å². The molecule has 0 saturated carbocycles.